The average molecular weight is 515 g/mol. The first-order valence-electron chi connectivity index (χ1n) is 12.8. The average Bonchev–Trinajstić information content (AvgIpc) is 3.37. The molecule has 0 radical (unpaired) electrons. The highest BCUT2D eigenvalue weighted by Crippen LogP contribution is 2.40. The van der Waals surface area contributed by atoms with Gasteiger partial charge in [-0.15, -0.1) is 0 Å². The predicted molar refractivity (Wildman–Crippen MR) is 147 cm³/mol. The molecule has 1 aliphatic rings. The molecule has 2 unspecified atom stereocenters. The highest BCUT2D eigenvalue weighted by atomic mass is 16.3. The van der Waals surface area contributed by atoms with Crippen molar-refractivity contribution in [3.63, 3.8) is 0 Å². The number of allylic oxidation sites excluding steroid dienone is 1. The monoisotopic (exact) mass is 514 g/mol. The van der Waals surface area contributed by atoms with Crippen LogP contribution in [0.15, 0.2) is 83.9 Å². The summed E-state index contributed by atoms with van der Waals surface area (Å²) in [5, 5.41) is 44.7. The number of hydrogen-bond acceptors (Lipinski definition) is 6. The second-order valence-corrected chi connectivity index (χ2v) is 9.88. The lowest BCUT2D eigenvalue weighted by Crippen LogP contribution is -2.38. The van der Waals surface area contributed by atoms with E-state index >= 15 is 0 Å². The first kappa shape index (κ1) is 27.1. The molecule has 0 aromatic heterocycles. The summed E-state index contributed by atoms with van der Waals surface area (Å²) in [6.45, 7) is 1.90. The molecule has 7 heteroatoms. The Kier molecular flexibility index (Phi) is 8.29. The van der Waals surface area contributed by atoms with Gasteiger partial charge in [-0.1, -0.05) is 61.5 Å². The highest BCUT2D eigenvalue weighted by molar-refractivity contribution is 5.78. The lowest BCUT2D eigenvalue weighted by atomic mass is 9.75. The van der Waals surface area contributed by atoms with Crippen LogP contribution in [0.25, 0.3) is 0 Å². The van der Waals surface area contributed by atoms with Crippen molar-refractivity contribution in [1.29, 1.82) is 0 Å². The fourth-order valence-corrected chi connectivity index (χ4v) is 4.96. The molecule has 0 saturated carbocycles. The second kappa shape index (κ2) is 11.6. The van der Waals surface area contributed by atoms with Crippen LogP contribution in [0.3, 0.4) is 0 Å². The van der Waals surface area contributed by atoms with E-state index in [9.17, 15) is 25.2 Å². The van der Waals surface area contributed by atoms with Crippen molar-refractivity contribution in [2.45, 2.75) is 56.9 Å². The van der Waals surface area contributed by atoms with E-state index in [1.807, 2.05) is 43.3 Å². The van der Waals surface area contributed by atoms with Gasteiger partial charge in [0.2, 0.25) is 5.91 Å². The third-order valence-electron chi connectivity index (χ3n) is 7.14. The third kappa shape index (κ3) is 6.30. The molecular weight excluding hydrogens is 480 g/mol. The molecule has 3 aromatic carbocycles. The van der Waals surface area contributed by atoms with E-state index in [0.29, 0.717) is 29.5 Å². The van der Waals surface area contributed by atoms with Gasteiger partial charge in [0.05, 0.1) is 24.2 Å². The zero-order valence-electron chi connectivity index (χ0n) is 21.5. The van der Waals surface area contributed by atoms with Crippen LogP contribution in [0.2, 0.25) is 0 Å². The summed E-state index contributed by atoms with van der Waals surface area (Å²) in [5.41, 5.74) is 1.28. The molecule has 5 N–H and O–H groups in total. The minimum absolute atomic E-state index is 0.0283. The maximum Gasteiger partial charge on any atom is 0.224 e. The van der Waals surface area contributed by atoms with E-state index < -0.39 is 11.1 Å². The van der Waals surface area contributed by atoms with Gasteiger partial charge < -0.3 is 25.7 Å². The minimum atomic E-state index is -1.36. The number of aliphatic hydroxyl groups excluding tert-OH is 1. The van der Waals surface area contributed by atoms with Crippen LogP contribution in [0.4, 0.5) is 0 Å². The van der Waals surface area contributed by atoms with Crippen molar-refractivity contribution >= 4 is 12.1 Å². The predicted octanol–water partition coefficient (Wildman–Crippen LogP) is 4.06. The number of hydrogen-bond donors (Lipinski definition) is 5. The van der Waals surface area contributed by atoms with E-state index in [-0.39, 0.29) is 43.4 Å². The first-order chi connectivity index (χ1) is 18.3. The van der Waals surface area contributed by atoms with Gasteiger partial charge in [-0.2, -0.15) is 0 Å². The van der Waals surface area contributed by atoms with Crippen LogP contribution < -0.4 is 5.32 Å². The number of amides is 1. The summed E-state index contributed by atoms with van der Waals surface area (Å²) >= 11 is 0. The fraction of sp³-hybridized carbons (Fsp3) is 0.290. The highest BCUT2D eigenvalue weighted by Gasteiger charge is 2.40. The van der Waals surface area contributed by atoms with Crippen LogP contribution in [0.1, 0.15) is 47.6 Å². The molecule has 2 atom stereocenters. The molecule has 4 rings (SSSR count). The van der Waals surface area contributed by atoms with E-state index in [4.69, 9.17) is 0 Å². The molecular formula is C31H34N2O5. The van der Waals surface area contributed by atoms with E-state index in [1.165, 1.54) is 6.07 Å². The summed E-state index contributed by atoms with van der Waals surface area (Å²) in [4.78, 5) is 17.3. The molecule has 0 aliphatic carbocycles. The number of aliphatic imine (C=N–C) groups is 1. The molecule has 38 heavy (non-hydrogen) atoms. The maximum absolute atomic E-state index is 12.6. The van der Waals surface area contributed by atoms with Crippen molar-refractivity contribution in [2.24, 2.45) is 4.99 Å². The number of aliphatic hydroxyl groups is 2. The Labute approximate surface area is 222 Å². The van der Waals surface area contributed by atoms with Crippen molar-refractivity contribution in [2.75, 3.05) is 0 Å². The Morgan fingerprint density at radius 3 is 2.45 bits per heavy atom. The molecule has 1 amide bonds. The van der Waals surface area contributed by atoms with Gasteiger partial charge in [-0.05, 0) is 47.4 Å². The number of phenolic OH excluding ortho intramolecular Hbond substituents is 1. The number of para-hydroxylation sites is 1. The Balaban J connectivity index is 1.55. The normalized spacial score (nSPS) is 17.9. The lowest BCUT2D eigenvalue weighted by Gasteiger charge is -2.36. The Morgan fingerprint density at radius 1 is 0.974 bits per heavy atom. The Bertz CT molecular complexity index is 1340. The van der Waals surface area contributed by atoms with Gasteiger partial charge in [0.1, 0.15) is 11.5 Å². The quantitative estimate of drug-likeness (QED) is 0.264. The largest absolute Gasteiger partial charge is 0.508 e. The van der Waals surface area contributed by atoms with Crippen LogP contribution in [0, 0.1) is 0 Å². The summed E-state index contributed by atoms with van der Waals surface area (Å²) in [7, 11) is 0. The van der Waals surface area contributed by atoms with E-state index in [0.717, 1.165) is 11.1 Å². The van der Waals surface area contributed by atoms with Crippen molar-refractivity contribution in [3.05, 3.63) is 107 Å². The van der Waals surface area contributed by atoms with Crippen LogP contribution in [-0.4, -0.2) is 38.1 Å². The van der Waals surface area contributed by atoms with Gasteiger partial charge in [-0.3, -0.25) is 9.79 Å². The SMILES string of the molecule is CCC1(CC(O)(Cc2cccc(CC(=O)NCc3ccccc3O)c2)c2ccc(O)c(CO)c2)C=CC=N1. The number of carbonyl (C=O) groups is 1. The van der Waals surface area contributed by atoms with E-state index in [1.54, 1.807) is 42.6 Å². The van der Waals surface area contributed by atoms with Gasteiger partial charge in [0.25, 0.3) is 0 Å². The van der Waals surface area contributed by atoms with Gasteiger partial charge in [0.15, 0.2) is 0 Å². The number of carbonyl (C=O) groups excluding carboxylic acids is 1. The zero-order chi connectivity index (χ0) is 27.2. The lowest BCUT2D eigenvalue weighted by molar-refractivity contribution is -0.120. The van der Waals surface area contributed by atoms with Crippen molar-refractivity contribution < 1.29 is 25.2 Å². The molecule has 0 spiro atoms. The summed E-state index contributed by atoms with van der Waals surface area (Å²) < 4.78 is 0. The minimum Gasteiger partial charge on any atom is -0.508 e. The molecule has 198 valence electrons. The van der Waals surface area contributed by atoms with Gasteiger partial charge in [-0.25, -0.2) is 0 Å². The number of aromatic hydroxyl groups is 2. The number of rotatable bonds is 11. The van der Waals surface area contributed by atoms with Gasteiger partial charge >= 0.3 is 0 Å². The first-order valence-corrected chi connectivity index (χ1v) is 12.8. The summed E-state index contributed by atoms with van der Waals surface area (Å²) in [6.07, 6.45) is 7.04. The standard InChI is InChI=1S/C31H34N2O5/c1-2-30(13-6-14-33-30)21-31(38,26-11-12-28(36)25(17-26)20-34)18-23-8-5-7-22(15-23)16-29(37)32-19-24-9-3-4-10-27(24)35/h3-15,17,34-36,38H,2,16,18-21H2,1H3,(H,32,37). The molecule has 7 nitrogen and oxygen atoms in total. The van der Waals surface area contributed by atoms with Crippen LogP contribution in [0.5, 0.6) is 11.5 Å². The number of phenols is 2. The van der Waals surface area contributed by atoms with Crippen molar-refractivity contribution in [3.8, 4) is 11.5 Å². The van der Waals surface area contributed by atoms with Crippen molar-refractivity contribution in [1.82, 2.24) is 5.32 Å². The smallest absolute Gasteiger partial charge is 0.224 e. The third-order valence-corrected chi connectivity index (χ3v) is 7.14. The number of nitrogens with one attached hydrogen (secondary N) is 1. The molecule has 0 bridgehead atoms. The zero-order valence-corrected chi connectivity index (χ0v) is 21.5. The Hall–Kier alpha value is -3.94. The Morgan fingerprint density at radius 2 is 1.74 bits per heavy atom. The summed E-state index contributed by atoms with van der Waals surface area (Å²) in [5.74, 6) is -0.0689. The maximum atomic E-state index is 12.6. The van der Waals surface area contributed by atoms with Crippen LogP contribution >= 0.6 is 0 Å². The molecule has 0 saturated heterocycles. The summed E-state index contributed by atoms with van der Waals surface area (Å²) in [6, 6.07) is 19.2. The molecule has 1 heterocycles. The molecule has 1 aliphatic heterocycles. The topological polar surface area (TPSA) is 122 Å². The number of benzene rings is 3. The van der Waals surface area contributed by atoms with E-state index in [2.05, 4.69) is 10.3 Å². The molecule has 0 fully saturated rings. The number of nitrogens with zero attached hydrogens (tertiary/aromatic N) is 1. The second-order valence-electron chi connectivity index (χ2n) is 9.88. The van der Waals surface area contributed by atoms with Crippen LogP contribution in [-0.2, 0) is 36.4 Å². The molecule has 3 aromatic rings. The van der Waals surface area contributed by atoms with Gasteiger partial charge in [0, 0.05) is 36.7 Å². The fourth-order valence-electron chi connectivity index (χ4n) is 4.96.